The van der Waals surface area contributed by atoms with E-state index < -0.39 is 55.8 Å². The molecule has 2 N–H and O–H groups in total. The van der Waals surface area contributed by atoms with Crippen molar-refractivity contribution in [1.29, 1.82) is 0 Å². The molecule has 0 saturated heterocycles. The number of rotatable bonds is 10. The molecule has 53 heavy (non-hydrogen) atoms. The molecule has 0 aliphatic rings. The molecule has 0 spiro atoms. The van der Waals surface area contributed by atoms with E-state index in [2.05, 4.69) is 40.9 Å². The summed E-state index contributed by atoms with van der Waals surface area (Å²) < 4.78 is 105. The van der Waals surface area contributed by atoms with E-state index in [0.29, 0.717) is 5.69 Å². The first-order valence-corrected chi connectivity index (χ1v) is 18.6. The van der Waals surface area contributed by atoms with Crippen LogP contribution in [0.15, 0.2) is 79.5 Å². The molecule has 0 aliphatic heterocycles. The molecule has 0 bridgehead atoms. The van der Waals surface area contributed by atoms with Crippen molar-refractivity contribution in [2.24, 2.45) is 10.2 Å². The zero-order chi connectivity index (χ0) is 36.8. The topological polar surface area (TPSA) is 277 Å². The monoisotopic (exact) mass is 869 g/mol. The zero-order valence-electron chi connectivity index (χ0n) is 27.9. The molecular weight excluding hydrogens is 854 g/mol. The number of anilines is 4. The predicted molar refractivity (Wildman–Crippen MR) is 175 cm³/mol. The van der Waals surface area contributed by atoms with Crippen LogP contribution in [0, 0.1) is 13.8 Å². The van der Waals surface area contributed by atoms with E-state index in [1.165, 1.54) is 36.7 Å². The Balaban J connectivity index is 0.00000324. The van der Waals surface area contributed by atoms with Gasteiger partial charge >= 0.3 is 88.7 Å². The van der Waals surface area contributed by atoms with Crippen molar-refractivity contribution in [3.63, 3.8) is 0 Å². The summed E-state index contributed by atoms with van der Waals surface area (Å²) in [6, 6.07) is 10.1. The third-order valence-electron chi connectivity index (χ3n) is 6.50. The number of nitrogens with zero attached hydrogens (tertiary/aromatic N) is 7. The van der Waals surface area contributed by atoms with Gasteiger partial charge < -0.3 is 24.3 Å². The molecule has 262 valence electrons. The Morgan fingerprint density at radius 3 is 1.75 bits per heavy atom. The van der Waals surface area contributed by atoms with Gasteiger partial charge in [-0.3, -0.25) is 0 Å². The Hall–Kier alpha value is -1.32. The van der Waals surface area contributed by atoms with Crippen LogP contribution in [0.4, 0.5) is 34.6 Å². The minimum absolute atomic E-state index is 0. The standard InChI is InChI=1S/C26H20Cl3N9O9S3.3Na/c1-12-23(13(2)38(37-12)20-10-18(28)22(11-17(20)27)50(45,46)47)36-35-19-9-15(5-8-21(19)49(42,43)44)31-26-33-24(29)32-25(34-26)30-14-3-6-16(7-4-14)48(39,40)41;;;/h3-11H,1-2H3,(H,39,40,41)(H,42,43,44)(H,45,46,47)(H2,30,31,32,33,34);;;/q;3*+1/p-3. The summed E-state index contributed by atoms with van der Waals surface area (Å²) in [6.07, 6.45) is 0. The number of aryl methyl sites for hydroxylation is 1. The van der Waals surface area contributed by atoms with Crippen LogP contribution in [-0.4, -0.2) is 63.6 Å². The molecule has 0 saturated carbocycles. The van der Waals surface area contributed by atoms with E-state index in [-0.39, 0.29) is 139 Å². The first-order chi connectivity index (χ1) is 23.2. The SMILES string of the molecule is Cc1nn(-c2cc(Cl)c(S(=O)(=O)[O-])cc2Cl)c(C)c1N=Nc1cc(Nc2nc(Cl)nc(Nc3ccc(S(=O)(=O)[O-])cc3)n2)ccc1S(=O)(=O)[O-].[Na+].[Na+].[Na+]. The molecule has 0 atom stereocenters. The molecule has 2 heterocycles. The first-order valence-electron chi connectivity index (χ1n) is 13.3. The fourth-order valence-corrected chi connectivity index (χ4v) is 6.83. The first kappa shape index (κ1) is 47.8. The number of hydrogen-bond acceptors (Lipinski definition) is 17. The normalized spacial score (nSPS) is 11.7. The number of azo groups is 1. The molecule has 0 amide bonds. The molecule has 2 aromatic heterocycles. The quantitative estimate of drug-likeness (QED) is 0.0776. The van der Waals surface area contributed by atoms with Gasteiger partial charge in [0.15, 0.2) is 0 Å². The van der Waals surface area contributed by atoms with Crippen molar-refractivity contribution < 1.29 is 128 Å². The maximum absolute atomic E-state index is 12.1. The van der Waals surface area contributed by atoms with Gasteiger partial charge in [-0.25, -0.2) is 29.9 Å². The third-order valence-corrected chi connectivity index (χ3v) is 10.0. The van der Waals surface area contributed by atoms with Crippen molar-refractivity contribution >= 4 is 99.8 Å². The summed E-state index contributed by atoms with van der Waals surface area (Å²) in [5.41, 5.74) is 0.780. The predicted octanol–water partition coefficient (Wildman–Crippen LogP) is -3.74. The van der Waals surface area contributed by atoms with Gasteiger partial charge in [-0.1, -0.05) is 23.2 Å². The zero-order valence-corrected chi connectivity index (χ0v) is 38.6. The number of aromatic nitrogens is 5. The minimum Gasteiger partial charge on any atom is -0.744 e. The smallest absolute Gasteiger partial charge is 0.744 e. The van der Waals surface area contributed by atoms with Crippen LogP contribution in [-0.2, 0) is 30.4 Å². The summed E-state index contributed by atoms with van der Waals surface area (Å²) >= 11 is 18.3. The van der Waals surface area contributed by atoms with Gasteiger partial charge in [-0.05, 0) is 80.0 Å². The van der Waals surface area contributed by atoms with Gasteiger partial charge in [-0.2, -0.15) is 20.1 Å². The second kappa shape index (κ2) is 18.7. The van der Waals surface area contributed by atoms with Gasteiger partial charge in [0, 0.05) is 11.4 Å². The molecule has 0 aliphatic carbocycles. The molecule has 18 nitrogen and oxygen atoms in total. The van der Waals surface area contributed by atoms with Crippen molar-refractivity contribution in [2.45, 2.75) is 28.5 Å². The Morgan fingerprint density at radius 2 is 1.21 bits per heavy atom. The average molecular weight is 871 g/mol. The van der Waals surface area contributed by atoms with Crippen LogP contribution in [0.2, 0.25) is 15.3 Å². The fraction of sp³-hybridized carbons (Fsp3) is 0.0769. The van der Waals surface area contributed by atoms with E-state index in [9.17, 15) is 38.9 Å². The van der Waals surface area contributed by atoms with Crippen molar-refractivity contribution in [3.05, 3.63) is 81.3 Å². The minimum atomic E-state index is -5.06. The van der Waals surface area contributed by atoms with Gasteiger partial charge in [0.05, 0.1) is 41.8 Å². The number of halogens is 3. The van der Waals surface area contributed by atoms with Crippen LogP contribution < -0.4 is 99.3 Å². The largest absolute Gasteiger partial charge is 1.00 e. The summed E-state index contributed by atoms with van der Waals surface area (Å²) in [6.45, 7) is 3.07. The Morgan fingerprint density at radius 1 is 0.660 bits per heavy atom. The number of benzene rings is 3. The molecule has 0 unspecified atom stereocenters. The van der Waals surface area contributed by atoms with Crippen molar-refractivity contribution in [1.82, 2.24) is 24.7 Å². The second-order valence-electron chi connectivity index (χ2n) is 9.94. The third kappa shape index (κ3) is 11.8. The van der Waals surface area contributed by atoms with Crippen LogP contribution in [0.3, 0.4) is 0 Å². The average Bonchev–Trinajstić information content (AvgIpc) is 3.27. The Labute approximate surface area is 383 Å². The van der Waals surface area contributed by atoms with Gasteiger partial charge in [0.1, 0.15) is 41.7 Å². The van der Waals surface area contributed by atoms with Crippen LogP contribution in [0.1, 0.15) is 11.4 Å². The van der Waals surface area contributed by atoms with E-state index in [4.69, 9.17) is 34.8 Å². The van der Waals surface area contributed by atoms with Gasteiger partial charge in [0.2, 0.25) is 17.2 Å². The Bertz CT molecular complexity index is 2550. The van der Waals surface area contributed by atoms with Crippen LogP contribution >= 0.6 is 34.8 Å². The molecule has 0 radical (unpaired) electrons. The van der Waals surface area contributed by atoms with Crippen LogP contribution in [0.25, 0.3) is 5.69 Å². The Kier molecular flexibility index (Phi) is 16.9. The maximum atomic E-state index is 12.1. The number of nitrogens with one attached hydrogen (secondary N) is 2. The van der Waals surface area contributed by atoms with E-state index in [1.54, 1.807) is 0 Å². The van der Waals surface area contributed by atoms with Crippen molar-refractivity contribution in [2.75, 3.05) is 10.6 Å². The van der Waals surface area contributed by atoms with Crippen molar-refractivity contribution in [3.8, 4) is 5.69 Å². The summed E-state index contributed by atoms with van der Waals surface area (Å²) in [7, 11) is -14.6. The summed E-state index contributed by atoms with van der Waals surface area (Å²) in [5, 5.41) is 17.1. The van der Waals surface area contributed by atoms with Gasteiger partial charge in [-0.15, -0.1) is 10.2 Å². The van der Waals surface area contributed by atoms with E-state index >= 15 is 0 Å². The van der Waals surface area contributed by atoms with E-state index in [1.807, 2.05) is 0 Å². The molecule has 5 aromatic rings. The molecule has 5 rings (SSSR count). The molecule has 3 aromatic carbocycles. The number of hydrogen-bond donors (Lipinski definition) is 2. The van der Waals surface area contributed by atoms with Gasteiger partial charge in [0.25, 0.3) is 0 Å². The second-order valence-corrected chi connectivity index (χ2v) is 15.2. The van der Waals surface area contributed by atoms with Crippen LogP contribution in [0.5, 0.6) is 0 Å². The summed E-state index contributed by atoms with van der Waals surface area (Å²) in [5.74, 6) is -0.247. The summed E-state index contributed by atoms with van der Waals surface area (Å²) in [4.78, 5) is 10.1. The van der Waals surface area contributed by atoms with E-state index in [0.717, 1.165) is 36.4 Å². The molecule has 27 heteroatoms. The molecule has 0 fully saturated rings. The fourth-order valence-electron chi connectivity index (χ4n) is 4.30. The molecular formula is C26H17Cl3N9Na3O9S3. The maximum Gasteiger partial charge on any atom is 1.00 e.